The minimum atomic E-state index is -0.491. The number of pyridine rings is 1. The minimum Gasteiger partial charge on any atom is -0.370 e. The number of nitro groups is 1. The highest BCUT2D eigenvalue weighted by Crippen LogP contribution is 2.24. The molecule has 0 saturated heterocycles. The van der Waals surface area contributed by atoms with Gasteiger partial charge in [-0.25, -0.2) is 4.98 Å². The molecule has 9 heteroatoms. The fourth-order valence-electron chi connectivity index (χ4n) is 1.51. The van der Waals surface area contributed by atoms with E-state index in [9.17, 15) is 10.1 Å². The second-order valence-corrected chi connectivity index (χ2v) is 3.95. The van der Waals surface area contributed by atoms with Crippen molar-refractivity contribution in [3.05, 3.63) is 34.5 Å². The summed E-state index contributed by atoms with van der Waals surface area (Å²) in [7, 11) is 0. The molecule has 0 bridgehead atoms. The van der Waals surface area contributed by atoms with Crippen molar-refractivity contribution in [2.24, 2.45) is 0 Å². The Hall–Kier alpha value is -2.71. The molecule has 2 aromatic heterocycles. The lowest BCUT2D eigenvalue weighted by Crippen LogP contribution is -2.08. The highest BCUT2D eigenvalue weighted by molar-refractivity contribution is 5.60. The summed E-state index contributed by atoms with van der Waals surface area (Å²) < 4.78 is 4.59. The molecule has 0 fully saturated rings. The average Bonchev–Trinajstić information content (AvgIpc) is 2.96. The van der Waals surface area contributed by atoms with Crippen LogP contribution < -0.4 is 10.6 Å². The smallest absolute Gasteiger partial charge is 0.311 e. The van der Waals surface area contributed by atoms with Crippen molar-refractivity contribution >= 4 is 17.3 Å². The van der Waals surface area contributed by atoms with E-state index in [0.717, 1.165) is 13.0 Å². The van der Waals surface area contributed by atoms with Crippen LogP contribution in [0.4, 0.5) is 17.3 Å². The van der Waals surface area contributed by atoms with Gasteiger partial charge in [0.15, 0.2) is 5.82 Å². The molecule has 0 spiro atoms. The van der Waals surface area contributed by atoms with Gasteiger partial charge in [0.2, 0.25) is 12.2 Å². The number of hydrogen-bond donors (Lipinski definition) is 2. The van der Waals surface area contributed by atoms with Gasteiger partial charge in [-0.2, -0.15) is 4.98 Å². The lowest BCUT2D eigenvalue weighted by atomic mass is 10.3. The van der Waals surface area contributed by atoms with Crippen LogP contribution in [-0.2, 0) is 6.54 Å². The SMILES string of the molecule is CCCNc1ccc([N+](=O)[O-])c(NCc2ncon2)n1. The summed E-state index contributed by atoms with van der Waals surface area (Å²) in [5, 5.41) is 20.5. The van der Waals surface area contributed by atoms with Crippen molar-refractivity contribution in [3.8, 4) is 0 Å². The highest BCUT2D eigenvalue weighted by Gasteiger charge is 2.16. The van der Waals surface area contributed by atoms with Crippen LogP contribution in [0.1, 0.15) is 19.2 Å². The molecule has 0 amide bonds. The maximum absolute atomic E-state index is 11.0. The first-order valence-electron chi connectivity index (χ1n) is 6.09. The zero-order valence-corrected chi connectivity index (χ0v) is 10.9. The molecule has 2 rings (SSSR count). The summed E-state index contributed by atoms with van der Waals surface area (Å²) in [6.07, 6.45) is 2.13. The predicted molar refractivity (Wildman–Crippen MR) is 71.3 cm³/mol. The van der Waals surface area contributed by atoms with Gasteiger partial charge >= 0.3 is 5.69 Å². The molecule has 20 heavy (non-hydrogen) atoms. The largest absolute Gasteiger partial charge is 0.370 e. The number of nitrogens with zero attached hydrogens (tertiary/aromatic N) is 4. The van der Waals surface area contributed by atoms with Crippen LogP contribution in [0.3, 0.4) is 0 Å². The lowest BCUT2D eigenvalue weighted by molar-refractivity contribution is -0.384. The van der Waals surface area contributed by atoms with Crippen molar-refractivity contribution in [3.63, 3.8) is 0 Å². The maximum atomic E-state index is 11.0. The molecule has 0 aliphatic rings. The van der Waals surface area contributed by atoms with E-state index in [1.807, 2.05) is 6.92 Å². The Morgan fingerprint density at radius 3 is 2.90 bits per heavy atom. The first-order valence-corrected chi connectivity index (χ1v) is 6.09. The van der Waals surface area contributed by atoms with Gasteiger partial charge in [0, 0.05) is 12.6 Å². The topological polar surface area (TPSA) is 119 Å². The monoisotopic (exact) mass is 278 g/mol. The van der Waals surface area contributed by atoms with Crippen molar-refractivity contribution in [1.82, 2.24) is 15.1 Å². The average molecular weight is 278 g/mol. The van der Waals surface area contributed by atoms with Crippen LogP contribution >= 0.6 is 0 Å². The van der Waals surface area contributed by atoms with Crippen molar-refractivity contribution in [2.45, 2.75) is 19.9 Å². The van der Waals surface area contributed by atoms with E-state index in [1.54, 1.807) is 6.07 Å². The molecule has 0 unspecified atom stereocenters. The molecule has 0 atom stereocenters. The molecule has 0 aliphatic heterocycles. The molecule has 0 aliphatic carbocycles. The van der Waals surface area contributed by atoms with Crippen LogP contribution in [0.15, 0.2) is 23.0 Å². The van der Waals surface area contributed by atoms with E-state index in [-0.39, 0.29) is 18.1 Å². The lowest BCUT2D eigenvalue weighted by Gasteiger charge is -2.08. The molecule has 0 radical (unpaired) electrons. The summed E-state index contributed by atoms with van der Waals surface area (Å²) in [4.78, 5) is 18.5. The molecular weight excluding hydrogens is 264 g/mol. The first-order chi connectivity index (χ1) is 9.70. The van der Waals surface area contributed by atoms with E-state index >= 15 is 0 Å². The third kappa shape index (κ3) is 3.40. The summed E-state index contributed by atoms with van der Waals surface area (Å²) in [5.74, 6) is 1.14. The second kappa shape index (κ2) is 6.45. The molecule has 2 heterocycles. The van der Waals surface area contributed by atoms with E-state index in [2.05, 4.69) is 30.3 Å². The molecule has 0 aromatic carbocycles. The van der Waals surface area contributed by atoms with E-state index < -0.39 is 4.92 Å². The number of rotatable bonds is 7. The number of aromatic nitrogens is 3. The van der Waals surface area contributed by atoms with Crippen LogP contribution in [0.25, 0.3) is 0 Å². The van der Waals surface area contributed by atoms with Gasteiger partial charge in [-0.1, -0.05) is 12.1 Å². The van der Waals surface area contributed by atoms with Crippen molar-refractivity contribution < 1.29 is 9.45 Å². The number of hydrogen-bond acceptors (Lipinski definition) is 8. The Balaban J connectivity index is 2.15. The van der Waals surface area contributed by atoms with Gasteiger partial charge in [0.05, 0.1) is 11.5 Å². The molecule has 106 valence electrons. The summed E-state index contributed by atoms with van der Waals surface area (Å²) in [6, 6.07) is 2.98. The Kier molecular flexibility index (Phi) is 4.43. The zero-order valence-electron chi connectivity index (χ0n) is 10.9. The Morgan fingerprint density at radius 1 is 1.40 bits per heavy atom. The van der Waals surface area contributed by atoms with Gasteiger partial charge in [-0.3, -0.25) is 10.1 Å². The molecule has 2 N–H and O–H groups in total. The van der Waals surface area contributed by atoms with E-state index in [1.165, 1.54) is 12.5 Å². The first kappa shape index (κ1) is 13.7. The Labute approximate surface area is 114 Å². The molecule has 2 aromatic rings. The van der Waals surface area contributed by atoms with Gasteiger partial charge in [0.1, 0.15) is 5.82 Å². The highest BCUT2D eigenvalue weighted by atomic mass is 16.6. The Morgan fingerprint density at radius 2 is 2.25 bits per heavy atom. The summed E-state index contributed by atoms with van der Waals surface area (Å²) >= 11 is 0. The van der Waals surface area contributed by atoms with Gasteiger partial charge in [0.25, 0.3) is 0 Å². The van der Waals surface area contributed by atoms with Gasteiger partial charge in [-0.05, 0) is 12.5 Å². The summed E-state index contributed by atoms with van der Waals surface area (Å²) in [6.45, 7) is 2.96. The van der Waals surface area contributed by atoms with Gasteiger partial charge < -0.3 is 15.2 Å². The van der Waals surface area contributed by atoms with Crippen LogP contribution in [0, 0.1) is 10.1 Å². The zero-order chi connectivity index (χ0) is 14.4. The van der Waals surface area contributed by atoms with Crippen LogP contribution in [0.5, 0.6) is 0 Å². The molecule has 0 saturated carbocycles. The fraction of sp³-hybridized carbons (Fsp3) is 0.364. The predicted octanol–water partition coefficient (Wildman–Crippen LogP) is 1.81. The number of anilines is 2. The van der Waals surface area contributed by atoms with Crippen LogP contribution in [-0.4, -0.2) is 26.6 Å². The fourth-order valence-corrected chi connectivity index (χ4v) is 1.51. The summed E-state index contributed by atoms with van der Waals surface area (Å²) in [5.41, 5.74) is -0.101. The maximum Gasteiger partial charge on any atom is 0.311 e. The minimum absolute atomic E-state index is 0.101. The number of nitrogens with one attached hydrogen (secondary N) is 2. The van der Waals surface area contributed by atoms with E-state index in [0.29, 0.717) is 11.6 Å². The third-order valence-corrected chi connectivity index (χ3v) is 2.45. The second-order valence-electron chi connectivity index (χ2n) is 3.95. The van der Waals surface area contributed by atoms with Crippen molar-refractivity contribution in [1.29, 1.82) is 0 Å². The van der Waals surface area contributed by atoms with Crippen molar-refractivity contribution in [2.75, 3.05) is 17.2 Å². The normalized spacial score (nSPS) is 10.2. The van der Waals surface area contributed by atoms with E-state index in [4.69, 9.17) is 0 Å². The standard InChI is InChI=1S/C11H14N6O3/c1-2-5-12-9-4-3-8(17(18)19)11(15-9)13-6-10-14-7-20-16-10/h3-4,7H,2,5-6H2,1H3,(H2,12,13,15). The Bertz CT molecular complexity index is 572. The van der Waals surface area contributed by atoms with Crippen LogP contribution in [0.2, 0.25) is 0 Å². The quantitative estimate of drug-likeness (QED) is 0.581. The molecular formula is C11H14N6O3. The third-order valence-electron chi connectivity index (χ3n) is 2.45. The van der Waals surface area contributed by atoms with Gasteiger partial charge in [-0.15, -0.1) is 0 Å². The molecule has 9 nitrogen and oxygen atoms in total.